The first-order valence-electron chi connectivity index (χ1n) is 24.0. The van der Waals surface area contributed by atoms with E-state index in [9.17, 15) is 30.6 Å². The minimum atomic E-state index is -1.39. The van der Waals surface area contributed by atoms with Crippen LogP contribution in [-0.4, -0.2) is 92.9 Å². The number of phenols is 3. The third-order valence-electron chi connectivity index (χ3n) is 13.9. The SMILES string of the molecule is CCc1ccc2cccc(CCO)c2c1Cc1c(CC(Cc2cc[nH]c2)C(O)CC(=O)C2(c3cc(O)cc(CNC)c3)C=CC3SSCC(C)(O)CNCOc4c(O)ccc(c43)C2)ccc(O)c1OC. The van der Waals surface area contributed by atoms with Crippen molar-refractivity contribution in [2.45, 2.75) is 87.7 Å². The number of fused-ring (bicyclic) bond motifs is 1. The first-order valence-corrected chi connectivity index (χ1v) is 26.4. The second kappa shape index (κ2) is 22.3. The molecule has 1 aromatic heterocycles. The Balaban J connectivity index is 1.22. The molecular weight excluding hydrogens is 923 g/mol. The van der Waals surface area contributed by atoms with Crippen LogP contribution in [0.15, 0.2) is 103 Å². The number of aliphatic hydroxyl groups excluding tert-OH is 2. The van der Waals surface area contributed by atoms with E-state index >= 15 is 4.79 Å². The van der Waals surface area contributed by atoms with Gasteiger partial charge in [-0.3, -0.25) is 10.1 Å². The summed E-state index contributed by atoms with van der Waals surface area (Å²) in [5, 5.41) is 75.9. The smallest absolute Gasteiger partial charge is 0.167 e. The van der Waals surface area contributed by atoms with Crippen molar-refractivity contribution >= 4 is 38.1 Å². The molecule has 14 heteroatoms. The van der Waals surface area contributed by atoms with Gasteiger partial charge in [0.25, 0.3) is 0 Å². The predicted octanol–water partition coefficient (Wildman–Crippen LogP) is 8.29. The Labute approximate surface area is 418 Å². The van der Waals surface area contributed by atoms with Crippen LogP contribution in [0.5, 0.6) is 28.7 Å². The van der Waals surface area contributed by atoms with E-state index in [-0.39, 0.29) is 61.5 Å². The average Bonchev–Trinajstić information content (AvgIpc) is 3.78. The number of ether oxygens (including phenoxy) is 2. The summed E-state index contributed by atoms with van der Waals surface area (Å²) in [6.45, 7) is 4.62. The molecule has 9 N–H and O–H groups in total. The maximum Gasteiger partial charge on any atom is 0.167 e. The molecule has 0 radical (unpaired) electrons. The second-order valence-corrected chi connectivity index (χ2v) is 21.5. The molecule has 6 aromatic rings. The lowest BCUT2D eigenvalue weighted by Gasteiger charge is -2.33. The van der Waals surface area contributed by atoms with E-state index in [0.717, 1.165) is 61.7 Å². The number of aliphatic hydroxyl groups is 3. The highest BCUT2D eigenvalue weighted by molar-refractivity contribution is 8.76. The first-order chi connectivity index (χ1) is 33.8. The zero-order valence-electron chi connectivity index (χ0n) is 40.3. The molecule has 370 valence electrons. The van der Waals surface area contributed by atoms with E-state index in [1.54, 1.807) is 38.3 Å². The van der Waals surface area contributed by atoms with Gasteiger partial charge in [0.05, 0.1) is 29.5 Å². The molecule has 5 atom stereocenters. The summed E-state index contributed by atoms with van der Waals surface area (Å²) in [5.41, 5.74) is 6.20. The van der Waals surface area contributed by atoms with Gasteiger partial charge in [0.15, 0.2) is 23.0 Å². The number of ketones is 1. The number of aryl methyl sites for hydroxylation is 1. The Morgan fingerprint density at radius 1 is 0.971 bits per heavy atom. The molecule has 8 rings (SSSR count). The number of nitrogens with one attached hydrogen (secondary N) is 3. The van der Waals surface area contributed by atoms with Gasteiger partial charge in [0, 0.05) is 61.8 Å². The Morgan fingerprint density at radius 3 is 2.54 bits per heavy atom. The summed E-state index contributed by atoms with van der Waals surface area (Å²) < 4.78 is 12.2. The zero-order valence-corrected chi connectivity index (χ0v) is 41.9. The molecule has 70 heavy (non-hydrogen) atoms. The number of allylic oxidation sites excluding steroid dienone is 1. The van der Waals surface area contributed by atoms with Crippen LogP contribution in [0.1, 0.15) is 81.2 Å². The van der Waals surface area contributed by atoms with Gasteiger partial charge in [0.2, 0.25) is 0 Å². The van der Waals surface area contributed by atoms with Crippen molar-refractivity contribution < 1.29 is 44.9 Å². The number of hydrogen-bond donors (Lipinski definition) is 9. The van der Waals surface area contributed by atoms with Crippen LogP contribution in [0.25, 0.3) is 10.8 Å². The second-order valence-electron chi connectivity index (χ2n) is 19.0. The van der Waals surface area contributed by atoms with Gasteiger partial charge in [0.1, 0.15) is 18.3 Å². The number of phenolic OH excluding ortho intramolecular Hbond substituents is 3. The Kier molecular flexibility index (Phi) is 16.2. The van der Waals surface area contributed by atoms with E-state index in [1.807, 2.05) is 68.0 Å². The Hall–Kier alpha value is -5.45. The number of H-pyrrole nitrogens is 1. The molecular formula is C56H65N3O9S2. The molecule has 2 heterocycles. The molecule has 0 spiro atoms. The van der Waals surface area contributed by atoms with Gasteiger partial charge >= 0.3 is 0 Å². The average molecular weight is 988 g/mol. The van der Waals surface area contributed by atoms with Crippen molar-refractivity contribution in [3.8, 4) is 28.7 Å². The molecule has 1 aliphatic carbocycles. The topological polar surface area (TPSA) is 197 Å². The molecule has 0 bridgehead atoms. The minimum Gasteiger partial charge on any atom is -0.508 e. The maximum atomic E-state index is 15.8. The van der Waals surface area contributed by atoms with Crippen LogP contribution in [-0.2, 0) is 55.3 Å². The number of aromatic amines is 1. The molecule has 12 nitrogen and oxygen atoms in total. The minimum absolute atomic E-state index is 0.0000446. The number of β-amino-alcohol motifs (C(OH)–C–C–N with tert-alkyl or cyclic N) is 1. The number of Topliss-reactive ketones (excluding diaryl/α,β-unsaturated/α-hetero) is 1. The highest BCUT2D eigenvalue weighted by Gasteiger charge is 2.44. The first kappa shape index (κ1) is 50.9. The molecule has 2 aliphatic rings. The fourth-order valence-corrected chi connectivity index (χ4v) is 13.3. The monoisotopic (exact) mass is 987 g/mol. The zero-order chi connectivity index (χ0) is 49.6. The van der Waals surface area contributed by atoms with Crippen LogP contribution in [0, 0.1) is 5.92 Å². The number of methoxy groups -OCH3 is 1. The van der Waals surface area contributed by atoms with Crippen LogP contribution in [0.4, 0.5) is 0 Å². The molecule has 5 unspecified atom stereocenters. The van der Waals surface area contributed by atoms with E-state index in [2.05, 4.69) is 40.7 Å². The molecule has 0 saturated heterocycles. The number of carbonyl (C=O) groups is 1. The summed E-state index contributed by atoms with van der Waals surface area (Å²) in [6, 6.07) is 24.5. The standard InChI is InChI=1S/C56H65N3O9S2/c1-5-36-9-10-37-7-6-8-38(17-20-60)51(37)44(36)26-45-39(11-13-46(62)53(45)67-4)24-41(21-34-16-19-58-30-34)48(64)27-50(65)56(42-22-35(29-57-3)23-43(61)25-42)18-15-49-52-40(28-56)12-14-47(63)54(52)68-33-59-31-55(2,66)32-69-70-49/h6-16,18-19,22-23,25,30,41,48-49,57-64,66H,5,17,20-21,24,26-29,31-33H2,1-4H3. The summed E-state index contributed by atoms with van der Waals surface area (Å²) in [4.78, 5) is 18.9. The summed E-state index contributed by atoms with van der Waals surface area (Å²) in [7, 11) is 6.36. The molecule has 5 aromatic carbocycles. The van der Waals surface area contributed by atoms with Gasteiger partial charge in [-0.25, -0.2) is 0 Å². The van der Waals surface area contributed by atoms with Crippen LogP contribution < -0.4 is 20.1 Å². The van der Waals surface area contributed by atoms with Crippen molar-refractivity contribution in [2.75, 3.05) is 39.8 Å². The maximum absolute atomic E-state index is 15.8. The summed E-state index contributed by atoms with van der Waals surface area (Å²) >= 11 is 0. The number of hydrogen-bond acceptors (Lipinski definition) is 13. The highest BCUT2D eigenvalue weighted by atomic mass is 33.1. The lowest BCUT2D eigenvalue weighted by Crippen LogP contribution is -2.41. The van der Waals surface area contributed by atoms with Crippen LogP contribution in [0.2, 0.25) is 0 Å². The fraction of sp³-hybridized carbons (Fsp3) is 0.375. The van der Waals surface area contributed by atoms with Crippen molar-refractivity contribution in [3.05, 3.63) is 159 Å². The van der Waals surface area contributed by atoms with Gasteiger partial charge in [-0.1, -0.05) is 89.2 Å². The van der Waals surface area contributed by atoms with Crippen molar-refractivity contribution in [2.24, 2.45) is 5.92 Å². The molecule has 0 saturated carbocycles. The lowest BCUT2D eigenvalue weighted by molar-refractivity contribution is -0.125. The normalized spacial score (nSPS) is 20.2. The van der Waals surface area contributed by atoms with E-state index in [0.29, 0.717) is 54.9 Å². The highest BCUT2D eigenvalue weighted by Crippen LogP contribution is 2.52. The van der Waals surface area contributed by atoms with E-state index in [4.69, 9.17) is 9.47 Å². The third-order valence-corrected chi connectivity index (χ3v) is 16.7. The Bertz CT molecular complexity index is 2830. The summed E-state index contributed by atoms with van der Waals surface area (Å²) in [6.07, 6.45) is 8.74. The third kappa shape index (κ3) is 11.0. The molecule has 0 amide bonds. The molecule has 0 fully saturated rings. The quantitative estimate of drug-likeness (QED) is 0.0313. The van der Waals surface area contributed by atoms with Crippen molar-refractivity contribution in [1.29, 1.82) is 0 Å². The summed E-state index contributed by atoms with van der Waals surface area (Å²) in [5.74, 6) is 0.220. The number of aromatic hydroxyl groups is 3. The number of benzene rings is 5. The van der Waals surface area contributed by atoms with Crippen LogP contribution >= 0.6 is 21.6 Å². The van der Waals surface area contributed by atoms with Crippen LogP contribution in [0.3, 0.4) is 0 Å². The van der Waals surface area contributed by atoms with E-state index in [1.165, 1.54) is 21.6 Å². The number of aromatic nitrogens is 1. The van der Waals surface area contributed by atoms with Crippen molar-refractivity contribution in [3.63, 3.8) is 0 Å². The van der Waals surface area contributed by atoms with Crippen molar-refractivity contribution in [1.82, 2.24) is 15.6 Å². The lowest BCUT2D eigenvalue weighted by atomic mass is 9.69. The number of carbonyl (C=O) groups excluding carboxylic acids is 1. The van der Waals surface area contributed by atoms with Gasteiger partial charge in [-0.15, -0.1) is 0 Å². The van der Waals surface area contributed by atoms with E-state index < -0.39 is 28.3 Å². The van der Waals surface area contributed by atoms with Gasteiger partial charge in [-0.05, 0) is 138 Å². The fourth-order valence-electron chi connectivity index (χ4n) is 10.4. The molecule has 1 aliphatic heterocycles. The Morgan fingerprint density at radius 2 is 1.79 bits per heavy atom. The largest absolute Gasteiger partial charge is 0.508 e. The predicted molar refractivity (Wildman–Crippen MR) is 279 cm³/mol. The van der Waals surface area contributed by atoms with Gasteiger partial charge < -0.3 is 50.4 Å². The number of rotatable bonds is 17. The van der Waals surface area contributed by atoms with Gasteiger partial charge in [-0.2, -0.15) is 0 Å².